The van der Waals surface area contributed by atoms with Gasteiger partial charge in [-0.05, 0) is 75.1 Å². The van der Waals surface area contributed by atoms with E-state index < -0.39 is 240 Å². The predicted octanol–water partition coefficient (Wildman–Crippen LogP) is 5.64. The predicted molar refractivity (Wildman–Crippen MR) is 343 cm³/mol. The molecule has 0 saturated carbocycles. The summed E-state index contributed by atoms with van der Waals surface area (Å²) in [6.07, 6.45) is 0. The van der Waals surface area contributed by atoms with E-state index in [1.54, 1.807) is 18.2 Å². The monoisotopic (exact) mass is 1580 g/mol. The van der Waals surface area contributed by atoms with E-state index >= 15 is 0 Å². The van der Waals surface area contributed by atoms with Crippen molar-refractivity contribution in [2.45, 2.75) is 38.9 Å². The Kier molecular flexibility index (Phi) is 19.4. The van der Waals surface area contributed by atoms with Crippen LogP contribution in [0.25, 0.3) is 58.2 Å². The van der Waals surface area contributed by atoms with Crippen LogP contribution < -0.4 is 69.7 Å². The molecule has 28 nitrogen and oxygen atoms in total. The van der Waals surface area contributed by atoms with Crippen molar-refractivity contribution in [2.24, 2.45) is 59.9 Å². The number of fused-ring (bicyclic) bond motifs is 6. The van der Waals surface area contributed by atoms with Crippen molar-refractivity contribution in [1.82, 2.24) is 29.9 Å². The van der Waals surface area contributed by atoms with Crippen molar-refractivity contribution in [1.29, 1.82) is 15.8 Å². The summed E-state index contributed by atoms with van der Waals surface area (Å²) in [4.78, 5) is 84.0. The van der Waals surface area contributed by atoms with Gasteiger partial charge in [-0.3, -0.25) is 0 Å². The number of hydrogen-bond donors (Lipinski definition) is 0. The van der Waals surface area contributed by atoms with Gasteiger partial charge in [0.2, 0.25) is 11.1 Å². The molecule has 0 unspecified atom stereocenters. The maximum atomic E-state index is 14.5. The molecule has 9 heterocycles. The highest BCUT2D eigenvalue weighted by Gasteiger charge is 2.52. The summed E-state index contributed by atoms with van der Waals surface area (Å²) in [7, 11) is -0.477. The minimum absolute atomic E-state index is 0.0245. The van der Waals surface area contributed by atoms with Crippen LogP contribution in [-0.4, -0.2) is 48.2 Å². The van der Waals surface area contributed by atoms with Crippen molar-refractivity contribution in [3.05, 3.63) is 326 Å². The molecule has 1 fully saturated rings. The number of aromatic nitrogens is 6. The van der Waals surface area contributed by atoms with Crippen molar-refractivity contribution >= 4 is 46.7 Å². The summed E-state index contributed by atoms with van der Waals surface area (Å²) in [6, 6.07) is 14.3. The van der Waals surface area contributed by atoms with Crippen LogP contribution in [0.15, 0.2) is 143 Å². The second-order valence-corrected chi connectivity index (χ2v) is 24.0. The zero-order chi connectivity index (χ0) is 82.3. The quantitative estimate of drug-likeness (QED) is 0.0489. The lowest BCUT2D eigenvalue weighted by molar-refractivity contribution is 0.00578. The minimum Gasteiger partial charge on any atom is -0.399 e. The Labute approximate surface area is 623 Å². The molecule has 554 valence electrons. The molecule has 46 heteroatoms. The molecule has 7 aliphatic rings. The molecule has 0 radical (unpaired) electrons. The smallest absolute Gasteiger partial charge is 0.399 e. The lowest BCUT2D eigenvalue weighted by atomic mass is 9.79. The maximum Gasteiger partial charge on any atom is 0.564 e. The van der Waals surface area contributed by atoms with Gasteiger partial charge in [0.1, 0.15) is 79.3 Å². The molecule has 0 amide bonds. The van der Waals surface area contributed by atoms with Crippen LogP contribution in [0.2, 0.25) is 5.28 Å². The molecule has 7 aliphatic heterocycles. The molecule has 0 spiro atoms. The Hall–Kier alpha value is -15.5. The summed E-state index contributed by atoms with van der Waals surface area (Å²) >= 11 is 5.85. The Morgan fingerprint density at radius 1 is 0.360 bits per heavy atom. The van der Waals surface area contributed by atoms with E-state index in [1.165, 1.54) is 24.3 Å². The van der Waals surface area contributed by atoms with Gasteiger partial charge < -0.3 is 9.31 Å². The van der Waals surface area contributed by atoms with E-state index in [0.717, 1.165) is 5.46 Å². The van der Waals surface area contributed by atoms with Crippen LogP contribution >= 0.6 is 11.6 Å². The van der Waals surface area contributed by atoms with Gasteiger partial charge in [0.25, 0.3) is 11.4 Å². The molecular weight excluding hydrogens is 1560 g/mol. The summed E-state index contributed by atoms with van der Waals surface area (Å²) in [5.74, 6) is -39.7. The second kappa shape index (κ2) is 28.8. The van der Waals surface area contributed by atoms with Gasteiger partial charge in [0.05, 0.1) is 58.4 Å². The normalized spacial score (nSPS) is 14.9. The van der Waals surface area contributed by atoms with Gasteiger partial charge >= 0.3 is 18.6 Å². The lowest BCUT2D eigenvalue weighted by Crippen LogP contribution is -2.41. The molecule has 0 aliphatic carbocycles. The van der Waals surface area contributed by atoms with Crippen LogP contribution in [0.4, 0.5) is 70.2 Å². The first-order chi connectivity index (χ1) is 54.1. The van der Waals surface area contributed by atoms with Crippen LogP contribution in [0, 0.1) is 160 Å². The van der Waals surface area contributed by atoms with Gasteiger partial charge in [-0.2, -0.15) is 25.2 Å². The molecule has 0 N–H and O–H groups in total. The third-order valence-electron chi connectivity index (χ3n) is 16.6. The molecule has 0 bridgehead atoms. The molecule has 15 rings (SSSR count). The summed E-state index contributed by atoms with van der Waals surface area (Å²) in [6.45, 7) is 44.3. The Balaban J connectivity index is 0.000000161. The number of rotatable bonds is 6. The topological polar surface area (TPSA) is 337 Å². The number of allylic oxidation sites excluding steroid dienone is 3. The van der Waals surface area contributed by atoms with E-state index in [4.69, 9.17) is 53.8 Å². The van der Waals surface area contributed by atoms with E-state index in [0.29, 0.717) is 10.7 Å². The fraction of sp³-hybridized carbons (Fsp3) is 0.0882. The summed E-state index contributed by atoms with van der Waals surface area (Å²) in [5.41, 5.74) is -3.58. The number of benzene rings is 6. The molecule has 1 saturated heterocycles. The zero-order valence-electron chi connectivity index (χ0n) is 55.9. The van der Waals surface area contributed by atoms with E-state index in [-0.39, 0.29) is 33.7 Å². The van der Waals surface area contributed by atoms with Gasteiger partial charge in [0, 0.05) is 5.56 Å². The fourth-order valence-electron chi connectivity index (χ4n) is 10.4. The van der Waals surface area contributed by atoms with E-state index in [2.05, 4.69) is 114 Å². The van der Waals surface area contributed by atoms with E-state index in [1.807, 2.05) is 39.8 Å². The number of nitriles is 3. The van der Waals surface area contributed by atoms with Crippen LogP contribution in [0.1, 0.15) is 51.0 Å². The Bertz CT molecular complexity index is 6890. The van der Waals surface area contributed by atoms with Crippen molar-refractivity contribution in [3.63, 3.8) is 0 Å². The molecule has 8 aromatic rings. The third kappa shape index (κ3) is 12.9. The Morgan fingerprint density at radius 3 is 1.05 bits per heavy atom. The largest absolute Gasteiger partial charge is 0.564 e. The van der Waals surface area contributed by atoms with E-state index in [9.17, 15) is 86.0 Å². The highest BCUT2D eigenvalue weighted by molar-refractivity contribution is 6.62. The highest BCUT2D eigenvalue weighted by atomic mass is 35.5. The van der Waals surface area contributed by atoms with Crippen LogP contribution in [0.3, 0.4) is 0 Å². The van der Waals surface area contributed by atoms with Crippen LogP contribution in [0.5, 0.6) is 0 Å². The van der Waals surface area contributed by atoms with Gasteiger partial charge in [-0.25, -0.2) is 175 Å². The average Bonchev–Trinajstić information content (AvgIpc) is 1.62. The molecule has 2 aromatic heterocycles. The summed E-state index contributed by atoms with van der Waals surface area (Å²) in [5, 5.41) is 21.1. The first-order valence-corrected chi connectivity index (χ1v) is 30.9. The van der Waals surface area contributed by atoms with Crippen LogP contribution in [-0.2, 0) is 9.31 Å². The molecule has 0 atom stereocenters. The highest BCUT2D eigenvalue weighted by Crippen LogP contribution is 2.37. The SMILES string of the molecule is [C-]#[N+]C(=C1N=c2c(F)c(F)c(F)c(F)c2=N1)c1nc(C(C#N)=C2N=c3c(F)c(F)c(F)c(F)c3=N2)nc(-c2ccc3c(c2)=N/C(=C(\C#N)[N+]#[C-])N=3)n1.[C-]#[N+]C(=C1N=c2c(F)c(F)c(F)c(F)c2=N1)c1nc(Cl)nc(C(C#N)=C2N=c3c(F)c(F)c(F)c(F)c3=N2)n1.[C-]#[N+]C([N+]#[C-])=C1N=c2ccc(B3OC(C)(C)C(C)(C)O3)cc2=N1. The molecule has 6 aromatic carbocycles. The lowest BCUT2D eigenvalue weighted by Gasteiger charge is -2.32. The molecular formula is C68H18BClF16N26O2. The number of nitrogens with zero attached hydrogens (tertiary/aromatic N) is 26. The zero-order valence-corrected chi connectivity index (χ0v) is 56.7. The third-order valence-corrected chi connectivity index (χ3v) is 16.7. The second-order valence-electron chi connectivity index (χ2n) is 23.7. The number of hydrogen-bond acceptors (Lipinski definition) is 23. The fourth-order valence-corrected chi connectivity index (χ4v) is 10.5. The summed E-state index contributed by atoms with van der Waals surface area (Å²) < 4.78 is 237. The molecule has 114 heavy (non-hydrogen) atoms. The first kappa shape index (κ1) is 76.6. The van der Waals surface area contributed by atoms with Gasteiger partial charge in [0.15, 0.2) is 151 Å². The first-order valence-electron chi connectivity index (χ1n) is 30.6. The van der Waals surface area contributed by atoms with Crippen molar-refractivity contribution in [2.75, 3.05) is 0 Å². The van der Waals surface area contributed by atoms with Crippen molar-refractivity contribution in [3.8, 4) is 29.6 Å². The number of halogens is 17. The minimum atomic E-state index is -2.21. The average molecular weight is 1580 g/mol. The standard InChI is InChI=1S/C31H3F8N13.C21ClF8N9.C16H15BN4O2/c1-42-12(7-41)29-44-10-4-3-8(5-11(10)45-29)26-50-28(9(6-40)27-46-21-17(36)13(32)14(33)18(37)22(21)47-27)52-31(51-26)25(43-2)30-48-23-19(38)15(34)16(35)20(39)24(23)49-30;1-32-16(19-35-14-10(29)6(25)7(26)11(30)15(14)36-19)20-37-18(38-21(22)39-20)3(2-31)17-33-12-8(27)4(23)5(24)9(28)13(12)34-17;1-15(2)16(3,4)23-17(22-15)10-7-8-11-12(9-10)21-14(20-11)13(18-5)19-6/h3-5H;;7-9H,1-4H3/b29-12+;;. The van der Waals surface area contributed by atoms with Gasteiger partial charge in [-0.15, -0.1) is 0 Å². The van der Waals surface area contributed by atoms with Gasteiger partial charge in [-0.1, -0.05) is 6.07 Å². The maximum absolute atomic E-state index is 14.5. The van der Waals surface area contributed by atoms with Crippen molar-refractivity contribution < 1.29 is 79.6 Å². The Morgan fingerprint density at radius 2 is 0.684 bits per heavy atom.